The van der Waals surface area contributed by atoms with Crippen LogP contribution < -0.4 is 5.73 Å². The van der Waals surface area contributed by atoms with Crippen LogP contribution in [0, 0.1) is 0 Å². The molecule has 1 aliphatic carbocycles. The van der Waals surface area contributed by atoms with Crippen LogP contribution >= 0.6 is 0 Å². The molecule has 0 amide bonds. The molecule has 2 aromatic carbocycles. The minimum absolute atomic E-state index is 0.464. The van der Waals surface area contributed by atoms with Gasteiger partial charge >= 0.3 is 0 Å². The number of rotatable bonds is 3. The summed E-state index contributed by atoms with van der Waals surface area (Å²) in [5.41, 5.74) is 10.3. The Morgan fingerprint density at radius 3 is 2.39 bits per heavy atom. The summed E-state index contributed by atoms with van der Waals surface area (Å²) >= 11 is 0. The third kappa shape index (κ3) is 2.78. The van der Waals surface area contributed by atoms with Crippen molar-refractivity contribution in [2.45, 2.75) is 30.9 Å². The molecule has 0 radical (unpaired) electrons. The zero-order chi connectivity index (χ0) is 19.4. The molecule has 1 saturated carbocycles. The van der Waals surface area contributed by atoms with Gasteiger partial charge in [-0.2, -0.15) is 10.1 Å². The largest absolute Gasteiger partial charge is 0.390 e. The summed E-state index contributed by atoms with van der Waals surface area (Å²) in [7, 11) is 0. The second-order valence-corrected chi connectivity index (χ2v) is 7.96. The summed E-state index contributed by atoms with van der Waals surface area (Å²) in [4.78, 5) is 8.98. The Morgan fingerprint density at radius 2 is 1.71 bits per heavy atom. The average Bonchev–Trinajstić information content (AvgIpc) is 3.14. The van der Waals surface area contributed by atoms with Crippen molar-refractivity contribution in [1.82, 2.24) is 19.6 Å². The average molecular weight is 371 g/mol. The van der Waals surface area contributed by atoms with Gasteiger partial charge in [-0.1, -0.05) is 54.6 Å². The van der Waals surface area contributed by atoms with E-state index in [0.29, 0.717) is 18.6 Å². The zero-order valence-electron chi connectivity index (χ0n) is 15.6. The fourth-order valence-electron chi connectivity index (χ4n) is 4.28. The van der Waals surface area contributed by atoms with E-state index in [0.717, 1.165) is 27.9 Å². The number of hydrogen-bond acceptors (Lipinski definition) is 5. The first-order valence-corrected chi connectivity index (χ1v) is 9.32. The van der Waals surface area contributed by atoms with E-state index in [1.807, 2.05) is 55.6 Å². The Labute approximate surface area is 162 Å². The van der Waals surface area contributed by atoms with Gasteiger partial charge in [0, 0.05) is 22.9 Å². The van der Waals surface area contributed by atoms with Crippen molar-refractivity contribution >= 4 is 5.78 Å². The van der Waals surface area contributed by atoms with Crippen molar-refractivity contribution in [3.05, 3.63) is 72.7 Å². The van der Waals surface area contributed by atoms with Crippen molar-refractivity contribution in [3.8, 4) is 22.4 Å². The van der Waals surface area contributed by atoms with Crippen LogP contribution in [-0.2, 0) is 5.54 Å². The second kappa shape index (κ2) is 5.95. The number of nitrogens with zero attached hydrogens (tertiary/aromatic N) is 4. The molecule has 6 nitrogen and oxygen atoms in total. The van der Waals surface area contributed by atoms with Gasteiger partial charge in [0.25, 0.3) is 5.78 Å². The summed E-state index contributed by atoms with van der Waals surface area (Å²) in [6.45, 7) is 1.83. The quantitative estimate of drug-likeness (QED) is 0.577. The van der Waals surface area contributed by atoms with Crippen LogP contribution in [0.4, 0.5) is 0 Å². The van der Waals surface area contributed by atoms with E-state index < -0.39 is 11.1 Å². The van der Waals surface area contributed by atoms with Crippen molar-refractivity contribution < 1.29 is 5.11 Å². The number of aliphatic hydroxyl groups is 1. The Hall–Kier alpha value is -3.09. The van der Waals surface area contributed by atoms with Gasteiger partial charge in [0.05, 0.1) is 11.3 Å². The molecule has 140 valence electrons. The number of hydrogen-bond donors (Lipinski definition) is 2. The highest BCUT2D eigenvalue weighted by Crippen LogP contribution is 2.46. The lowest BCUT2D eigenvalue weighted by Crippen LogP contribution is -2.58. The molecule has 0 unspecified atom stereocenters. The minimum Gasteiger partial charge on any atom is -0.390 e. The van der Waals surface area contributed by atoms with Crippen LogP contribution in [-0.4, -0.2) is 30.3 Å². The molecule has 0 spiro atoms. The van der Waals surface area contributed by atoms with E-state index in [2.05, 4.69) is 22.2 Å². The van der Waals surface area contributed by atoms with E-state index in [-0.39, 0.29) is 0 Å². The van der Waals surface area contributed by atoms with Gasteiger partial charge < -0.3 is 10.8 Å². The smallest absolute Gasteiger partial charge is 0.252 e. The SMILES string of the molecule is C[C@]1(O)C[C@@](N)(c2ccc(-c3nc4ncnn4cc3-c3ccccc3)cc2)C1. The van der Waals surface area contributed by atoms with E-state index in [1.165, 1.54) is 6.33 Å². The maximum Gasteiger partial charge on any atom is 0.252 e. The normalized spacial score (nSPS) is 24.2. The second-order valence-electron chi connectivity index (χ2n) is 7.96. The fourth-order valence-corrected chi connectivity index (χ4v) is 4.28. The van der Waals surface area contributed by atoms with Crippen LogP contribution in [0.5, 0.6) is 0 Å². The molecule has 1 fully saturated rings. The molecule has 2 heterocycles. The van der Waals surface area contributed by atoms with Gasteiger partial charge in [0.1, 0.15) is 6.33 Å². The molecule has 1 aliphatic rings. The van der Waals surface area contributed by atoms with Crippen LogP contribution in [0.3, 0.4) is 0 Å². The molecule has 4 aromatic rings. The molecular formula is C22H21N5O. The number of fused-ring (bicyclic) bond motifs is 1. The third-order valence-electron chi connectivity index (χ3n) is 5.48. The first-order chi connectivity index (χ1) is 13.4. The van der Waals surface area contributed by atoms with Crippen molar-refractivity contribution in [2.75, 3.05) is 0 Å². The molecule has 5 rings (SSSR count). The molecule has 3 N–H and O–H groups in total. The van der Waals surface area contributed by atoms with Crippen molar-refractivity contribution in [2.24, 2.45) is 5.73 Å². The van der Waals surface area contributed by atoms with Crippen LogP contribution in [0.15, 0.2) is 67.1 Å². The van der Waals surface area contributed by atoms with Crippen LogP contribution in [0.25, 0.3) is 28.2 Å². The molecule has 6 heteroatoms. The van der Waals surface area contributed by atoms with Gasteiger partial charge in [0.15, 0.2) is 0 Å². The molecule has 2 aromatic heterocycles. The van der Waals surface area contributed by atoms with Gasteiger partial charge in [-0.3, -0.25) is 0 Å². The minimum atomic E-state index is -0.672. The van der Waals surface area contributed by atoms with Crippen LogP contribution in [0.2, 0.25) is 0 Å². The number of nitrogens with two attached hydrogens (primary N) is 1. The summed E-state index contributed by atoms with van der Waals surface area (Å²) in [6, 6.07) is 18.3. The summed E-state index contributed by atoms with van der Waals surface area (Å²) < 4.78 is 1.69. The maximum atomic E-state index is 10.1. The third-order valence-corrected chi connectivity index (χ3v) is 5.48. The van der Waals surface area contributed by atoms with Gasteiger partial charge in [-0.15, -0.1) is 0 Å². The van der Waals surface area contributed by atoms with Crippen molar-refractivity contribution in [3.63, 3.8) is 0 Å². The first-order valence-electron chi connectivity index (χ1n) is 9.32. The predicted octanol–water partition coefficient (Wildman–Crippen LogP) is 3.16. The fraction of sp³-hybridized carbons (Fsp3) is 0.227. The lowest BCUT2D eigenvalue weighted by molar-refractivity contribution is -0.0738. The molecular weight excluding hydrogens is 350 g/mol. The highest BCUT2D eigenvalue weighted by Gasteiger charge is 2.49. The lowest BCUT2D eigenvalue weighted by Gasteiger charge is -2.49. The molecule has 0 saturated heterocycles. The van der Waals surface area contributed by atoms with E-state index in [1.54, 1.807) is 4.52 Å². The molecule has 0 atom stereocenters. The van der Waals surface area contributed by atoms with Gasteiger partial charge in [0.2, 0.25) is 0 Å². The predicted molar refractivity (Wildman–Crippen MR) is 107 cm³/mol. The topological polar surface area (TPSA) is 89.3 Å². The Morgan fingerprint density at radius 1 is 1.00 bits per heavy atom. The Bertz CT molecular complexity index is 1140. The first kappa shape index (κ1) is 17.0. The summed E-state index contributed by atoms with van der Waals surface area (Å²) in [5, 5.41) is 14.3. The van der Waals surface area contributed by atoms with Gasteiger partial charge in [-0.25, -0.2) is 9.50 Å². The molecule has 0 bridgehead atoms. The highest BCUT2D eigenvalue weighted by molar-refractivity contribution is 5.81. The molecule has 0 aliphatic heterocycles. The van der Waals surface area contributed by atoms with E-state index in [4.69, 9.17) is 10.7 Å². The van der Waals surface area contributed by atoms with E-state index >= 15 is 0 Å². The number of benzene rings is 2. The van der Waals surface area contributed by atoms with Crippen molar-refractivity contribution in [1.29, 1.82) is 0 Å². The highest BCUT2D eigenvalue weighted by atomic mass is 16.3. The summed E-state index contributed by atoms with van der Waals surface area (Å²) in [6.07, 6.45) is 4.60. The van der Waals surface area contributed by atoms with Gasteiger partial charge in [-0.05, 0) is 30.9 Å². The Balaban J connectivity index is 1.59. The van der Waals surface area contributed by atoms with E-state index in [9.17, 15) is 5.11 Å². The molecule has 28 heavy (non-hydrogen) atoms. The zero-order valence-corrected chi connectivity index (χ0v) is 15.6. The summed E-state index contributed by atoms with van der Waals surface area (Å²) in [5.74, 6) is 0.559. The lowest BCUT2D eigenvalue weighted by atomic mass is 9.63. The maximum absolute atomic E-state index is 10.1. The Kier molecular flexibility index (Phi) is 3.62. The monoisotopic (exact) mass is 371 g/mol. The van der Waals surface area contributed by atoms with Crippen LogP contribution in [0.1, 0.15) is 25.3 Å². The standard InChI is InChI=1S/C22H21N5O/c1-21(28)12-22(23,13-21)17-9-7-16(8-10-17)19-18(15-5-3-2-4-6-15)11-27-20(26-19)24-14-25-27/h2-11,14,28H,12-13,23H2,1H3/t21-,22-. The number of aromatic nitrogens is 4.